The van der Waals surface area contributed by atoms with Crippen molar-refractivity contribution in [1.82, 2.24) is 4.98 Å². The number of thiazole rings is 1. The smallest absolute Gasteiger partial charge is 0.340 e. The van der Waals surface area contributed by atoms with Crippen molar-refractivity contribution in [1.29, 1.82) is 0 Å². The van der Waals surface area contributed by atoms with E-state index < -0.39 is 11.9 Å². The van der Waals surface area contributed by atoms with Crippen molar-refractivity contribution >= 4 is 40.6 Å². The van der Waals surface area contributed by atoms with Crippen LogP contribution in [-0.2, 0) is 16.0 Å². The number of halogens is 1. The standard InChI is InChI=1S/C14H13ClN2O4S/c1-20-12(18)9-4-3-5-10(11(9)13(19)21-2)16-6-8-7-17-14(15)22-8/h3-5,7,16H,6H2,1-2H3. The Kier molecular flexibility index (Phi) is 5.35. The van der Waals surface area contributed by atoms with E-state index in [1.165, 1.54) is 31.6 Å². The highest BCUT2D eigenvalue weighted by Crippen LogP contribution is 2.24. The molecule has 0 aliphatic heterocycles. The molecule has 1 aromatic carbocycles. The number of nitrogens with zero attached hydrogens (tertiary/aromatic N) is 1. The van der Waals surface area contributed by atoms with Crippen molar-refractivity contribution in [3.8, 4) is 0 Å². The third kappa shape index (κ3) is 3.55. The molecule has 0 radical (unpaired) electrons. The lowest BCUT2D eigenvalue weighted by Gasteiger charge is -2.13. The van der Waals surface area contributed by atoms with Gasteiger partial charge in [0.2, 0.25) is 0 Å². The molecule has 0 spiro atoms. The van der Waals surface area contributed by atoms with Gasteiger partial charge in [-0.05, 0) is 12.1 Å². The molecule has 0 atom stereocenters. The van der Waals surface area contributed by atoms with Gasteiger partial charge in [0.15, 0.2) is 4.47 Å². The average Bonchev–Trinajstić information content (AvgIpc) is 2.96. The average molecular weight is 341 g/mol. The van der Waals surface area contributed by atoms with Crippen molar-refractivity contribution in [2.75, 3.05) is 19.5 Å². The van der Waals surface area contributed by atoms with E-state index in [1.807, 2.05) is 0 Å². The Hall–Kier alpha value is -2.12. The molecule has 0 bridgehead atoms. The Morgan fingerprint density at radius 1 is 1.27 bits per heavy atom. The highest BCUT2D eigenvalue weighted by atomic mass is 35.5. The van der Waals surface area contributed by atoms with Gasteiger partial charge in [-0.15, -0.1) is 11.3 Å². The van der Waals surface area contributed by atoms with Crippen LogP contribution in [-0.4, -0.2) is 31.1 Å². The lowest BCUT2D eigenvalue weighted by Crippen LogP contribution is -2.15. The fourth-order valence-electron chi connectivity index (χ4n) is 1.85. The van der Waals surface area contributed by atoms with Crippen LogP contribution in [0, 0.1) is 0 Å². The zero-order valence-electron chi connectivity index (χ0n) is 11.9. The summed E-state index contributed by atoms with van der Waals surface area (Å²) in [4.78, 5) is 28.6. The molecule has 2 rings (SSSR count). The number of anilines is 1. The minimum absolute atomic E-state index is 0.132. The number of rotatable bonds is 5. The molecule has 2 aromatic rings. The lowest BCUT2D eigenvalue weighted by molar-refractivity contribution is 0.0556. The molecular formula is C14H13ClN2O4S. The van der Waals surface area contributed by atoms with Crippen LogP contribution in [0.15, 0.2) is 24.4 Å². The molecule has 0 saturated carbocycles. The normalized spacial score (nSPS) is 10.1. The van der Waals surface area contributed by atoms with Gasteiger partial charge in [-0.1, -0.05) is 17.7 Å². The van der Waals surface area contributed by atoms with E-state index in [0.717, 1.165) is 4.88 Å². The van der Waals surface area contributed by atoms with Crippen LogP contribution < -0.4 is 5.32 Å². The summed E-state index contributed by atoms with van der Waals surface area (Å²) in [6, 6.07) is 4.84. The number of carbonyl (C=O) groups excluding carboxylic acids is 2. The Bertz CT molecular complexity index is 702. The lowest BCUT2D eigenvalue weighted by atomic mass is 10.1. The Morgan fingerprint density at radius 2 is 2.00 bits per heavy atom. The summed E-state index contributed by atoms with van der Waals surface area (Å²) in [5.41, 5.74) is 0.744. The van der Waals surface area contributed by atoms with Crippen LogP contribution in [0.4, 0.5) is 5.69 Å². The molecule has 0 amide bonds. The first kappa shape index (κ1) is 16.3. The quantitative estimate of drug-likeness (QED) is 0.843. The van der Waals surface area contributed by atoms with Gasteiger partial charge >= 0.3 is 11.9 Å². The van der Waals surface area contributed by atoms with E-state index in [1.54, 1.807) is 18.3 Å². The van der Waals surface area contributed by atoms with Crippen LogP contribution >= 0.6 is 22.9 Å². The van der Waals surface area contributed by atoms with Gasteiger partial charge in [-0.3, -0.25) is 0 Å². The predicted molar refractivity (Wildman–Crippen MR) is 83.6 cm³/mol. The molecule has 116 valence electrons. The maximum absolute atomic E-state index is 12.0. The number of ether oxygens (including phenoxy) is 2. The van der Waals surface area contributed by atoms with E-state index in [0.29, 0.717) is 16.7 Å². The van der Waals surface area contributed by atoms with Gasteiger partial charge in [0.1, 0.15) is 0 Å². The monoisotopic (exact) mass is 340 g/mol. The molecule has 0 unspecified atom stereocenters. The number of aromatic nitrogens is 1. The molecule has 0 aliphatic carbocycles. The van der Waals surface area contributed by atoms with Crippen molar-refractivity contribution in [3.63, 3.8) is 0 Å². The summed E-state index contributed by atoms with van der Waals surface area (Å²) < 4.78 is 9.88. The SMILES string of the molecule is COC(=O)c1cccc(NCc2cnc(Cl)s2)c1C(=O)OC. The molecule has 1 aromatic heterocycles. The van der Waals surface area contributed by atoms with Crippen molar-refractivity contribution in [2.45, 2.75) is 6.54 Å². The second-order valence-electron chi connectivity index (χ2n) is 4.14. The zero-order chi connectivity index (χ0) is 16.1. The van der Waals surface area contributed by atoms with Gasteiger partial charge in [0, 0.05) is 16.8 Å². The number of hydrogen-bond donors (Lipinski definition) is 1. The summed E-state index contributed by atoms with van der Waals surface area (Å²) in [6.45, 7) is 0.416. The number of methoxy groups -OCH3 is 2. The third-order valence-corrected chi connectivity index (χ3v) is 3.95. The van der Waals surface area contributed by atoms with E-state index in [4.69, 9.17) is 21.1 Å². The summed E-state index contributed by atoms with van der Waals surface area (Å²) in [7, 11) is 2.51. The molecule has 0 fully saturated rings. The topological polar surface area (TPSA) is 77.5 Å². The van der Waals surface area contributed by atoms with Gasteiger partial charge in [-0.2, -0.15) is 0 Å². The van der Waals surface area contributed by atoms with Gasteiger partial charge in [0.25, 0.3) is 0 Å². The minimum atomic E-state index is -0.620. The van der Waals surface area contributed by atoms with Crippen LogP contribution in [0.2, 0.25) is 4.47 Å². The number of nitrogens with one attached hydrogen (secondary N) is 1. The second kappa shape index (κ2) is 7.24. The first-order valence-corrected chi connectivity index (χ1v) is 7.40. The predicted octanol–water partition coefficient (Wildman–Crippen LogP) is 2.98. The van der Waals surface area contributed by atoms with E-state index in [9.17, 15) is 9.59 Å². The fourth-order valence-corrected chi connectivity index (χ4v) is 2.77. The van der Waals surface area contributed by atoms with Crippen molar-refractivity contribution in [3.05, 3.63) is 44.9 Å². The zero-order valence-corrected chi connectivity index (χ0v) is 13.5. The molecule has 6 nitrogen and oxygen atoms in total. The number of carbonyl (C=O) groups is 2. The fraction of sp³-hybridized carbons (Fsp3) is 0.214. The third-order valence-electron chi connectivity index (χ3n) is 2.84. The highest BCUT2D eigenvalue weighted by Gasteiger charge is 2.22. The number of hydrogen-bond acceptors (Lipinski definition) is 7. The van der Waals surface area contributed by atoms with Gasteiger partial charge in [-0.25, -0.2) is 14.6 Å². The van der Waals surface area contributed by atoms with Gasteiger partial charge in [0.05, 0.1) is 31.9 Å². The van der Waals surface area contributed by atoms with Crippen molar-refractivity contribution < 1.29 is 19.1 Å². The number of benzene rings is 1. The first-order valence-electron chi connectivity index (χ1n) is 6.20. The van der Waals surface area contributed by atoms with Gasteiger partial charge < -0.3 is 14.8 Å². The first-order chi connectivity index (χ1) is 10.6. The van der Waals surface area contributed by atoms with Crippen LogP contribution in [0.5, 0.6) is 0 Å². The summed E-state index contributed by atoms with van der Waals surface area (Å²) in [6.07, 6.45) is 1.64. The highest BCUT2D eigenvalue weighted by molar-refractivity contribution is 7.15. The Balaban J connectivity index is 2.33. The number of esters is 2. The van der Waals surface area contributed by atoms with Crippen LogP contribution in [0.25, 0.3) is 0 Å². The van der Waals surface area contributed by atoms with Crippen LogP contribution in [0.3, 0.4) is 0 Å². The molecule has 1 N–H and O–H groups in total. The van der Waals surface area contributed by atoms with Crippen molar-refractivity contribution in [2.24, 2.45) is 0 Å². The molecule has 22 heavy (non-hydrogen) atoms. The van der Waals surface area contributed by atoms with E-state index in [2.05, 4.69) is 10.3 Å². The summed E-state index contributed by atoms with van der Waals surface area (Å²) >= 11 is 7.10. The van der Waals surface area contributed by atoms with E-state index >= 15 is 0 Å². The molecule has 0 aliphatic rings. The summed E-state index contributed by atoms with van der Waals surface area (Å²) in [5, 5.41) is 3.08. The molecule has 1 heterocycles. The van der Waals surface area contributed by atoms with Crippen LogP contribution in [0.1, 0.15) is 25.6 Å². The Labute approximate surface area is 136 Å². The second-order valence-corrected chi connectivity index (χ2v) is 5.84. The largest absolute Gasteiger partial charge is 0.465 e. The van der Waals surface area contributed by atoms with E-state index in [-0.39, 0.29) is 11.1 Å². The molecular weight excluding hydrogens is 328 g/mol. The summed E-state index contributed by atoms with van der Waals surface area (Å²) in [5.74, 6) is -1.23. The Morgan fingerprint density at radius 3 is 2.59 bits per heavy atom. The maximum atomic E-state index is 12.0. The maximum Gasteiger partial charge on any atom is 0.340 e. The molecule has 0 saturated heterocycles. The molecule has 8 heteroatoms. The minimum Gasteiger partial charge on any atom is -0.465 e.